The van der Waals surface area contributed by atoms with E-state index in [1.165, 1.54) is 59.4 Å². The normalized spacial score (nSPS) is 12.6. The average Bonchev–Trinajstić information content (AvgIpc) is 3.24. The molecule has 0 bridgehead atoms. The molecule has 1 nitrogen and oxygen atoms in total. The van der Waals surface area contributed by atoms with Gasteiger partial charge in [0, 0.05) is 0 Å². The molecule has 7 aromatic rings. The topological polar surface area (TPSA) is 9.23 Å². The van der Waals surface area contributed by atoms with E-state index in [4.69, 9.17) is 4.74 Å². The van der Waals surface area contributed by atoms with Crippen molar-refractivity contribution in [2.24, 2.45) is 0 Å². The quantitative estimate of drug-likeness (QED) is 0.200. The molecule has 0 spiro atoms. The molecule has 0 saturated heterocycles. The number of ether oxygens (including phenoxy) is 1. The van der Waals surface area contributed by atoms with Crippen LogP contribution < -0.4 is 41.9 Å². The highest BCUT2D eigenvalue weighted by Crippen LogP contribution is 2.37. The van der Waals surface area contributed by atoms with E-state index in [9.17, 15) is 0 Å². The Labute approximate surface area is 265 Å². The SMILES string of the molecule is c1ccc([Si](c2ccccc2)(c2ccccc2)c2ccc3c(c2)B2c4ccccc4-c4ccccc4-c4cccc(c42)O3)cc1. The number of hydrogen-bond donors (Lipinski definition) is 0. The minimum Gasteiger partial charge on any atom is -0.458 e. The smallest absolute Gasteiger partial charge is 0.252 e. The lowest BCUT2D eigenvalue weighted by atomic mass is 9.35. The lowest BCUT2D eigenvalue weighted by Crippen LogP contribution is -2.75. The summed E-state index contributed by atoms with van der Waals surface area (Å²) in [6.45, 7) is 0.0394. The van der Waals surface area contributed by atoms with Crippen LogP contribution in [0.5, 0.6) is 11.5 Å². The maximum absolute atomic E-state index is 6.81. The molecule has 210 valence electrons. The lowest BCUT2D eigenvalue weighted by Gasteiger charge is -2.36. The van der Waals surface area contributed by atoms with Crippen molar-refractivity contribution >= 4 is 51.9 Å². The Kier molecular flexibility index (Phi) is 6.00. The molecular weight excluding hydrogens is 559 g/mol. The Morgan fingerprint density at radius 3 is 1.49 bits per heavy atom. The van der Waals surface area contributed by atoms with Crippen molar-refractivity contribution in [3.63, 3.8) is 0 Å². The van der Waals surface area contributed by atoms with Crippen LogP contribution in [0.3, 0.4) is 0 Å². The van der Waals surface area contributed by atoms with Crippen LogP contribution in [0.15, 0.2) is 176 Å². The zero-order chi connectivity index (χ0) is 29.8. The molecule has 2 aliphatic rings. The first-order valence-electron chi connectivity index (χ1n) is 15.6. The van der Waals surface area contributed by atoms with Crippen LogP contribution in [0, 0.1) is 0 Å². The third-order valence-electron chi connectivity index (χ3n) is 9.73. The van der Waals surface area contributed by atoms with Crippen molar-refractivity contribution in [3.05, 3.63) is 176 Å². The first kappa shape index (κ1) is 26.1. The fourth-order valence-corrected chi connectivity index (χ4v) is 12.7. The molecule has 45 heavy (non-hydrogen) atoms. The molecule has 0 fully saturated rings. The van der Waals surface area contributed by atoms with E-state index < -0.39 is 8.07 Å². The number of rotatable bonds is 4. The van der Waals surface area contributed by atoms with Crippen LogP contribution in [0.25, 0.3) is 22.3 Å². The lowest BCUT2D eigenvalue weighted by molar-refractivity contribution is 0.488. The van der Waals surface area contributed by atoms with Crippen molar-refractivity contribution in [2.45, 2.75) is 0 Å². The summed E-state index contributed by atoms with van der Waals surface area (Å²) >= 11 is 0. The minimum atomic E-state index is -2.71. The molecule has 0 unspecified atom stereocenters. The summed E-state index contributed by atoms with van der Waals surface area (Å²) in [5.41, 5.74) is 8.88. The molecule has 3 heteroatoms. The average molecular weight is 589 g/mol. The second-order valence-corrected chi connectivity index (χ2v) is 15.8. The van der Waals surface area contributed by atoms with E-state index >= 15 is 0 Å². The molecular formula is C42H29BOSi. The van der Waals surface area contributed by atoms with Crippen molar-refractivity contribution in [1.29, 1.82) is 0 Å². The van der Waals surface area contributed by atoms with Gasteiger partial charge in [-0.15, -0.1) is 0 Å². The number of hydrogen-bond acceptors (Lipinski definition) is 1. The van der Waals surface area contributed by atoms with Gasteiger partial charge < -0.3 is 4.74 Å². The van der Waals surface area contributed by atoms with Gasteiger partial charge in [0.15, 0.2) is 8.07 Å². The van der Waals surface area contributed by atoms with Crippen molar-refractivity contribution in [1.82, 2.24) is 0 Å². The summed E-state index contributed by atoms with van der Waals surface area (Å²) < 4.78 is 6.81. The molecule has 2 aliphatic heterocycles. The maximum atomic E-state index is 6.81. The van der Waals surface area contributed by atoms with E-state index in [0.29, 0.717) is 0 Å². The van der Waals surface area contributed by atoms with Gasteiger partial charge in [0.05, 0.1) is 0 Å². The standard InChI is InChI=1S/C42H29BOSi/c1-4-15-30(16-5-1)45(31-17-6-2-7-18-31,32-19-8-3-9-20-32)33-27-28-40-39(29-33)43-38-25-13-12-23-36(38)34-21-10-11-22-35(34)37-24-14-26-41(44-40)42(37)43/h1-29H. The second-order valence-electron chi connectivity index (χ2n) is 12.0. The van der Waals surface area contributed by atoms with E-state index in [1.807, 2.05) is 0 Å². The van der Waals surface area contributed by atoms with Crippen LogP contribution in [0.1, 0.15) is 0 Å². The minimum absolute atomic E-state index is 0.0394. The van der Waals surface area contributed by atoms with Crippen LogP contribution in [0.4, 0.5) is 0 Å². The van der Waals surface area contributed by atoms with E-state index in [0.717, 1.165) is 11.5 Å². The zero-order valence-electron chi connectivity index (χ0n) is 24.7. The van der Waals surface area contributed by atoms with Gasteiger partial charge in [-0.3, -0.25) is 0 Å². The zero-order valence-corrected chi connectivity index (χ0v) is 25.7. The van der Waals surface area contributed by atoms with Gasteiger partial charge >= 0.3 is 0 Å². The Bertz CT molecular complexity index is 2100. The summed E-state index contributed by atoms with van der Waals surface area (Å²) in [4.78, 5) is 0. The van der Waals surface area contributed by atoms with Crippen LogP contribution in [0.2, 0.25) is 0 Å². The Morgan fingerprint density at radius 1 is 0.356 bits per heavy atom. The predicted octanol–water partition coefficient (Wildman–Crippen LogP) is 5.33. The van der Waals surface area contributed by atoms with E-state index in [2.05, 4.69) is 176 Å². The first-order chi connectivity index (χ1) is 22.3. The van der Waals surface area contributed by atoms with Gasteiger partial charge in [0.25, 0.3) is 6.71 Å². The molecule has 0 saturated carbocycles. The fourth-order valence-electron chi connectivity index (χ4n) is 7.87. The first-order valence-corrected chi connectivity index (χ1v) is 17.6. The monoisotopic (exact) mass is 588 g/mol. The van der Waals surface area contributed by atoms with Crippen molar-refractivity contribution in [2.75, 3.05) is 0 Å². The highest BCUT2D eigenvalue weighted by molar-refractivity contribution is 7.20. The summed E-state index contributed by atoms with van der Waals surface area (Å²) in [5.74, 6) is 1.88. The van der Waals surface area contributed by atoms with Crippen LogP contribution >= 0.6 is 0 Å². The van der Waals surface area contributed by atoms with E-state index in [-0.39, 0.29) is 6.71 Å². The second kappa shape index (κ2) is 10.4. The molecule has 7 aromatic carbocycles. The molecule has 0 amide bonds. The Balaban J connectivity index is 1.38. The fraction of sp³-hybridized carbons (Fsp3) is 0. The van der Waals surface area contributed by atoms with Gasteiger partial charge in [-0.25, -0.2) is 0 Å². The molecule has 0 aliphatic carbocycles. The highest BCUT2D eigenvalue weighted by Gasteiger charge is 2.44. The molecule has 0 aromatic heterocycles. The molecule has 9 rings (SSSR count). The molecule has 0 N–H and O–H groups in total. The molecule has 2 heterocycles. The van der Waals surface area contributed by atoms with Gasteiger partial charge in [-0.05, 0) is 66.1 Å². The van der Waals surface area contributed by atoms with Gasteiger partial charge in [0.2, 0.25) is 0 Å². The summed E-state index contributed by atoms with van der Waals surface area (Å²) in [7, 11) is -2.71. The van der Waals surface area contributed by atoms with Crippen LogP contribution in [-0.2, 0) is 0 Å². The maximum Gasteiger partial charge on any atom is 0.252 e. The Hall–Kier alpha value is -5.38. The van der Waals surface area contributed by atoms with Crippen LogP contribution in [-0.4, -0.2) is 14.8 Å². The van der Waals surface area contributed by atoms with Crippen molar-refractivity contribution < 1.29 is 4.74 Å². The van der Waals surface area contributed by atoms with E-state index in [1.54, 1.807) is 0 Å². The van der Waals surface area contributed by atoms with Gasteiger partial charge in [0.1, 0.15) is 11.5 Å². The largest absolute Gasteiger partial charge is 0.458 e. The van der Waals surface area contributed by atoms with Gasteiger partial charge in [-0.1, -0.05) is 169 Å². The third kappa shape index (κ3) is 3.87. The Morgan fingerprint density at radius 2 is 0.867 bits per heavy atom. The number of benzene rings is 7. The molecule has 0 radical (unpaired) electrons. The van der Waals surface area contributed by atoms with Crippen molar-refractivity contribution in [3.8, 4) is 33.8 Å². The highest BCUT2D eigenvalue weighted by atomic mass is 28.3. The summed E-state index contributed by atoms with van der Waals surface area (Å²) in [6.07, 6.45) is 0. The molecule has 0 atom stereocenters. The summed E-state index contributed by atoms with van der Waals surface area (Å²) in [5, 5.41) is 5.46. The summed E-state index contributed by atoms with van der Waals surface area (Å²) in [6, 6.07) is 64.8. The third-order valence-corrected chi connectivity index (χ3v) is 14.5. The number of fused-ring (bicyclic) bond motifs is 7. The predicted molar refractivity (Wildman–Crippen MR) is 192 cm³/mol. The van der Waals surface area contributed by atoms with Gasteiger partial charge in [-0.2, -0.15) is 0 Å².